The van der Waals surface area contributed by atoms with Gasteiger partial charge in [-0.15, -0.1) is 0 Å². The molecule has 1 saturated heterocycles. The SMILES string of the molecule is COBN1CCN(c2ncnc3cc(-c4cccc5cncnc45)c(Cl)cc23)CC1. The van der Waals surface area contributed by atoms with Crippen LogP contribution in [0.5, 0.6) is 0 Å². The molecular weight excluding hydrogens is 399 g/mol. The molecule has 3 heterocycles. The Morgan fingerprint density at radius 1 is 1.00 bits per heavy atom. The standard InChI is InChI=1S/C21H20BClN6O/c1-30-22-29-7-5-28(6-8-29)21-17-9-18(23)16(10-19(17)25-13-27-21)15-4-2-3-14-11-24-12-26-20(14)15/h2-4,9-13,22H,5-8H2,1H3. The first-order valence-corrected chi connectivity index (χ1v) is 10.2. The van der Waals surface area contributed by atoms with E-state index in [1.807, 2.05) is 36.5 Å². The quantitative estimate of drug-likeness (QED) is 0.472. The van der Waals surface area contributed by atoms with Crippen molar-refractivity contribution in [3.8, 4) is 11.1 Å². The first kappa shape index (κ1) is 19.2. The first-order valence-electron chi connectivity index (χ1n) is 9.84. The highest BCUT2D eigenvalue weighted by molar-refractivity contribution is 6.34. The van der Waals surface area contributed by atoms with E-state index in [9.17, 15) is 0 Å². The maximum absolute atomic E-state index is 6.77. The number of piperazine rings is 1. The third kappa shape index (κ3) is 3.47. The number of anilines is 1. The minimum absolute atomic E-state index is 0.655. The smallest absolute Gasteiger partial charge is 0.363 e. The summed E-state index contributed by atoms with van der Waals surface area (Å²) in [5, 5.41) is 2.59. The molecule has 0 spiro atoms. The van der Waals surface area contributed by atoms with Gasteiger partial charge in [-0.25, -0.2) is 19.9 Å². The topological polar surface area (TPSA) is 67.3 Å². The van der Waals surface area contributed by atoms with E-state index in [4.69, 9.17) is 16.3 Å². The van der Waals surface area contributed by atoms with Crippen molar-refractivity contribution in [2.45, 2.75) is 0 Å². The van der Waals surface area contributed by atoms with Crippen molar-refractivity contribution in [2.75, 3.05) is 38.2 Å². The summed E-state index contributed by atoms with van der Waals surface area (Å²) in [6.45, 7) is 3.63. The monoisotopic (exact) mass is 418 g/mol. The highest BCUT2D eigenvalue weighted by atomic mass is 35.5. The second-order valence-electron chi connectivity index (χ2n) is 7.34. The Morgan fingerprint density at radius 3 is 2.70 bits per heavy atom. The Morgan fingerprint density at radius 2 is 1.87 bits per heavy atom. The fourth-order valence-corrected chi connectivity index (χ4v) is 4.29. The van der Waals surface area contributed by atoms with E-state index < -0.39 is 0 Å². The van der Waals surface area contributed by atoms with Crippen molar-refractivity contribution >= 4 is 46.8 Å². The molecule has 2 aromatic heterocycles. The number of halogens is 1. The van der Waals surface area contributed by atoms with E-state index in [0.717, 1.165) is 64.9 Å². The zero-order valence-corrected chi connectivity index (χ0v) is 17.4. The van der Waals surface area contributed by atoms with Gasteiger partial charge in [0, 0.05) is 66.4 Å². The van der Waals surface area contributed by atoms with Crippen molar-refractivity contribution in [3.63, 3.8) is 0 Å². The third-order valence-corrected chi connectivity index (χ3v) is 5.82. The number of aromatic nitrogens is 4. The van der Waals surface area contributed by atoms with Gasteiger partial charge in [-0.3, -0.25) is 0 Å². The maximum atomic E-state index is 6.77. The van der Waals surface area contributed by atoms with Crippen LogP contribution in [0, 0.1) is 0 Å². The second-order valence-corrected chi connectivity index (χ2v) is 7.74. The minimum atomic E-state index is 0.655. The fraction of sp³-hybridized carbons (Fsp3) is 0.238. The summed E-state index contributed by atoms with van der Waals surface area (Å²) in [4.78, 5) is 22.3. The molecule has 150 valence electrons. The molecule has 0 radical (unpaired) electrons. The largest absolute Gasteiger partial charge is 0.427 e. The van der Waals surface area contributed by atoms with Crippen LogP contribution < -0.4 is 4.90 Å². The molecule has 2 aromatic carbocycles. The lowest BCUT2D eigenvalue weighted by Crippen LogP contribution is -2.48. The molecule has 7 nitrogen and oxygen atoms in total. The van der Waals surface area contributed by atoms with Gasteiger partial charge in [-0.2, -0.15) is 0 Å². The number of benzene rings is 2. The molecule has 0 amide bonds. The number of rotatable bonds is 4. The summed E-state index contributed by atoms with van der Waals surface area (Å²) in [6, 6.07) is 10.0. The van der Waals surface area contributed by atoms with Crippen LogP contribution in [0.1, 0.15) is 0 Å². The van der Waals surface area contributed by atoms with Crippen molar-refractivity contribution in [1.82, 2.24) is 24.7 Å². The number of para-hydroxylation sites is 1. The molecule has 9 heteroatoms. The van der Waals surface area contributed by atoms with Gasteiger partial charge in [0.25, 0.3) is 0 Å². The average molecular weight is 419 g/mol. The van der Waals surface area contributed by atoms with Crippen LogP contribution in [0.25, 0.3) is 32.9 Å². The van der Waals surface area contributed by atoms with Crippen molar-refractivity contribution in [1.29, 1.82) is 0 Å². The summed E-state index contributed by atoms with van der Waals surface area (Å²) in [5.74, 6) is 0.922. The number of fused-ring (bicyclic) bond motifs is 2. The van der Waals surface area contributed by atoms with E-state index in [1.165, 1.54) is 0 Å². The third-order valence-electron chi connectivity index (χ3n) is 5.51. The molecule has 0 unspecified atom stereocenters. The summed E-state index contributed by atoms with van der Waals surface area (Å²) in [5.41, 5.74) is 3.61. The molecular formula is C21H20BClN6O. The van der Waals surface area contributed by atoms with Gasteiger partial charge < -0.3 is 14.4 Å². The maximum Gasteiger partial charge on any atom is 0.363 e. The van der Waals surface area contributed by atoms with Gasteiger partial charge in [0.05, 0.1) is 11.0 Å². The predicted octanol–water partition coefficient (Wildman–Crippen LogP) is 2.93. The summed E-state index contributed by atoms with van der Waals surface area (Å²) in [6.07, 6.45) is 5.00. The van der Waals surface area contributed by atoms with Crippen molar-refractivity contribution < 1.29 is 4.65 Å². The van der Waals surface area contributed by atoms with Crippen LogP contribution in [-0.2, 0) is 4.65 Å². The van der Waals surface area contributed by atoms with E-state index in [0.29, 0.717) is 12.6 Å². The molecule has 1 fully saturated rings. The predicted molar refractivity (Wildman–Crippen MR) is 121 cm³/mol. The lowest BCUT2D eigenvalue weighted by molar-refractivity contribution is 0.323. The Balaban J connectivity index is 1.56. The molecule has 1 aliphatic rings. The van der Waals surface area contributed by atoms with Crippen LogP contribution in [0.15, 0.2) is 49.2 Å². The number of hydrogen-bond acceptors (Lipinski definition) is 7. The Kier molecular flexibility index (Phi) is 5.20. The molecule has 0 N–H and O–H groups in total. The van der Waals surface area contributed by atoms with Crippen LogP contribution in [-0.4, -0.2) is 65.7 Å². The minimum Gasteiger partial charge on any atom is -0.427 e. The van der Waals surface area contributed by atoms with Gasteiger partial charge in [-0.1, -0.05) is 29.8 Å². The van der Waals surface area contributed by atoms with E-state index in [-0.39, 0.29) is 0 Å². The highest BCUT2D eigenvalue weighted by Crippen LogP contribution is 2.37. The van der Waals surface area contributed by atoms with Gasteiger partial charge in [0.1, 0.15) is 18.5 Å². The zero-order chi connectivity index (χ0) is 20.5. The van der Waals surface area contributed by atoms with E-state index >= 15 is 0 Å². The molecule has 30 heavy (non-hydrogen) atoms. The lowest BCUT2D eigenvalue weighted by atomic mass is 10.0. The fourth-order valence-electron chi connectivity index (χ4n) is 4.02. The second kappa shape index (κ2) is 8.14. The first-order chi connectivity index (χ1) is 14.7. The van der Waals surface area contributed by atoms with Gasteiger partial charge in [0.15, 0.2) is 0 Å². The van der Waals surface area contributed by atoms with Crippen LogP contribution >= 0.6 is 11.6 Å². The molecule has 4 aromatic rings. The van der Waals surface area contributed by atoms with Crippen LogP contribution in [0.3, 0.4) is 0 Å². The summed E-state index contributed by atoms with van der Waals surface area (Å²) in [7, 11) is 2.38. The van der Waals surface area contributed by atoms with Crippen molar-refractivity contribution in [2.24, 2.45) is 0 Å². The Hall–Kier alpha value is -2.81. The summed E-state index contributed by atoms with van der Waals surface area (Å²) < 4.78 is 5.25. The normalized spacial score (nSPS) is 15.1. The van der Waals surface area contributed by atoms with Crippen LogP contribution in [0.2, 0.25) is 5.02 Å². The van der Waals surface area contributed by atoms with E-state index in [2.05, 4.69) is 29.6 Å². The van der Waals surface area contributed by atoms with Gasteiger partial charge in [0.2, 0.25) is 0 Å². The molecule has 1 aliphatic heterocycles. The number of hydrogen-bond donors (Lipinski definition) is 0. The Labute approximate surface area is 180 Å². The van der Waals surface area contributed by atoms with Crippen molar-refractivity contribution in [3.05, 3.63) is 54.2 Å². The van der Waals surface area contributed by atoms with E-state index in [1.54, 1.807) is 19.8 Å². The lowest BCUT2D eigenvalue weighted by Gasteiger charge is -2.35. The van der Waals surface area contributed by atoms with Crippen LogP contribution in [0.4, 0.5) is 5.82 Å². The molecule has 0 saturated carbocycles. The average Bonchev–Trinajstić information content (AvgIpc) is 2.79. The zero-order valence-electron chi connectivity index (χ0n) is 16.6. The Bertz CT molecular complexity index is 1210. The molecule has 0 bridgehead atoms. The van der Waals surface area contributed by atoms with Gasteiger partial charge >= 0.3 is 7.62 Å². The summed E-state index contributed by atoms with van der Waals surface area (Å²) >= 11 is 6.77. The van der Waals surface area contributed by atoms with Gasteiger partial charge in [-0.05, 0) is 12.1 Å². The molecule has 0 atom stereocenters. The number of nitrogens with zero attached hydrogens (tertiary/aromatic N) is 6. The molecule has 5 rings (SSSR count). The molecule has 0 aliphatic carbocycles. The highest BCUT2D eigenvalue weighted by Gasteiger charge is 2.21.